The summed E-state index contributed by atoms with van der Waals surface area (Å²) in [6.07, 6.45) is 7.09. The van der Waals surface area contributed by atoms with E-state index >= 15 is 0 Å². The van der Waals surface area contributed by atoms with Crippen LogP contribution in [0.3, 0.4) is 0 Å². The Morgan fingerprint density at radius 3 is 2.39 bits per heavy atom. The molecule has 0 radical (unpaired) electrons. The van der Waals surface area contributed by atoms with E-state index in [4.69, 9.17) is 9.72 Å². The molecule has 1 aromatic heterocycles. The normalized spacial score (nSPS) is 19.6. The van der Waals surface area contributed by atoms with Crippen molar-refractivity contribution in [3.05, 3.63) is 42.0 Å². The van der Waals surface area contributed by atoms with E-state index in [9.17, 15) is 9.59 Å². The largest absolute Gasteiger partial charge is 0.465 e. The van der Waals surface area contributed by atoms with Crippen molar-refractivity contribution in [2.45, 2.75) is 57.5 Å². The van der Waals surface area contributed by atoms with E-state index in [1.807, 2.05) is 38.2 Å². The SMILES string of the molecule is COC(=O)c1ccc(Nc2ccc3c(n2)N(C2CCCCCC2)[C@H](C)C(=O)N3C)cc1. The molecular formula is C24H30N4O3. The number of likely N-dealkylation sites (N-methyl/N-ethyl adjacent to an activating group) is 1. The third kappa shape index (κ3) is 4.22. The second kappa shape index (κ2) is 8.96. The van der Waals surface area contributed by atoms with Crippen molar-refractivity contribution in [1.82, 2.24) is 4.98 Å². The fourth-order valence-electron chi connectivity index (χ4n) is 4.64. The Labute approximate surface area is 183 Å². The van der Waals surface area contributed by atoms with E-state index in [-0.39, 0.29) is 17.9 Å². The van der Waals surface area contributed by atoms with E-state index in [2.05, 4.69) is 10.2 Å². The summed E-state index contributed by atoms with van der Waals surface area (Å²) in [7, 11) is 3.19. The first-order chi connectivity index (χ1) is 15.0. The fourth-order valence-corrected chi connectivity index (χ4v) is 4.64. The number of pyridine rings is 1. The Morgan fingerprint density at radius 2 is 1.74 bits per heavy atom. The number of hydrogen-bond acceptors (Lipinski definition) is 6. The standard InChI is InChI=1S/C24H30N4O3/c1-16-23(29)27(2)20-14-15-21(25-18-12-10-17(11-13-18)24(30)31-3)26-22(20)28(16)19-8-6-4-5-7-9-19/h10-16,19H,4-9H2,1-3H3,(H,25,26)/t16-/m1/s1. The summed E-state index contributed by atoms with van der Waals surface area (Å²) in [5.74, 6) is 1.31. The number of nitrogens with one attached hydrogen (secondary N) is 1. The lowest BCUT2D eigenvalue weighted by Crippen LogP contribution is -2.55. The van der Waals surface area contributed by atoms with Crippen LogP contribution in [0.15, 0.2) is 36.4 Å². The quantitative estimate of drug-likeness (QED) is 0.577. The number of esters is 1. The number of hydrogen-bond donors (Lipinski definition) is 1. The summed E-state index contributed by atoms with van der Waals surface area (Å²) >= 11 is 0. The molecule has 2 aromatic rings. The molecule has 4 rings (SSSR count). The molecule has 2 heterocycles. The predicted molar refractivity (Wildman–Crippen MR) is 122 cm³/mol. The maximum atomic E-state index is 12.9. The highest BCUT2D eigenvalue weighted by atomic mass is 16.5. The van der Waals surface area contributed by atoms with E-state index in [1.54, 1.807) is 17.0 Å². The molecule has 1 N–H and O–H groups in total. The van der Waals surface area contributed by atoms with Crippen LogP contribution >= 0.6 is 0 Å². The Balaban J connectivity index is 1.64. The van der Waals surface area contributed by atoms with Crippen LogP contribution in [0, 0.1) is 0 Å². The molecule has 0 bridgehead atoms. The molecule has 7 heteroatoms. The number of benzene rings is 1. The number of methoxy groups -OCH3 is 1. The summed E-state index contributed by atoms with van der Waals surface area (Å²) in [4.78, 5) is 33.5. The van der Waals surface area contributed by atoms with Gasteiger partial charge in [0, 0.05) is 18.8 Å². The molecule has 1 aliphatic carbocycles. The molecule has 1 fully saturated rings. The average molecular weight is 423 g/mol. The van der Waals surface area contributed by atoms with Crippen molar-refractivity contribution in [2.24, 2.45) is 0 Å². The first kappa shape index (κ1) is 21.2. The number of anilines is 4. The molecule has 1 amide bonds. The van der Waals surface area contributed by atoms with Gasteiger partial charge in [0.2, 0.25) is 5.91 Å². The second-order valence-corrected chi connectivity index (χ2v) is 8.36. The van der Waals surface area contributed by atoms with Gasteiger partial charge in [0.25, 0.3) is 0 Å². The van der Waals surface area contributed by atoms with Crippen molar-refractivity contribution < 1.29 is 14.3 Å². The van der Waals surface area contributed by atoms with Gasteiger partial charge in [-0.2, -0.15) is 0 Å². The average Bonchev–Trinajstić information content (AvgIpc) is 3.07. The number of carbonyl (C=O) groups is 2. The summed E-state index contributed by atoms with van der Waals surface area (Å²) in [5.41, 5.74) is 2.17. The van der Waals surface area contributed by atoms with E-state index < -0.39 is 0 Å². The lowest BCUT2D eigenvalue weighted by molar-refractivity contribution is -0.119. The highest BCUT2D eigenvalue weighted by Crippen LogP contribution is 2.39. The third-order valence-electron chi connectivity index (χ3n) is 6.36. The highest BCUT2D eigenvalue weighted by Gasteiger charge is 2.38. The number of amides is 1. The van der Waals surface area contributed by atoms with Gasteiger partial charge >= 0.3 is 5.97 Å². The van der Waals surface area contributed by atoms with Crippen LogP contribution in [0.4, 0.5) is 23.0 Å². The molecule has 0 unspecified atom stereocenters. The summed E-state index contributed by atoms with van der Waals surface area (Å²) in [5, 5.41) is 3.32. The summed E-state index contributed by atoms with van der Waals surface area (Å²) < 4.78 is 4.75. The van der Waals surface area contributed by atoms with Gasteiger partial charge in [-0.3, -0.25) is 4.79 Å². The van der Waals surface area contributed by atoms with Gasteiger partial charge in [-0.1, -0.05) is 25.7 Å². The van der Waals surface area contributed by atoms with Crippen molar-refractivity contribution in [3.8, 4) is 0 Å². The molecular weight excluding hydrogens is 392 g/mol. The molecule has 2 aliphatic rings. The number of carbonyl (C=O) groups excluding carboxylic acids is 2. The molecule has 164 valence electrons. The molecule has 7 nitrogen and oxygen atoms in total. The minimum Gasteiger partial charge on any atom is -0.465 e. The topological polar surface area (TPSA) is 74.8 Å². The van der Waals surface area contributed by atoms with Crippen LogP contribution in [0.1, 0.15) is 55.8 Å². The van der Waals surface area contributed by atoms with Gasteiger partial charge in [0.05, 0.1) is 18.4 Å². The number of aromatic nitrogens is 1. The molecule has 1 aromatic carbocycles. The fraction of sp³-hybridized carbons (Fsp3) is 0.458. The molecule has 0 spiro atoms. The Morgan fingerprint density at radius 1 is 1.06 bits per heavy atom. The Bertz CT molecular complexity index is 952. The first-order valence-electron chi connectivity index (χ1n) is 11.0. The zero-order valence-electron chi connectivity index (χ0n) is 18.4. The molecule has 1 atom stereocenters. The summed E-state index contributed by atoms with van der Waals surface area (Å²) in [6.45, 7) is 1.99. The van der Waals surface area contributed by atoms with Gasteiger partial charge in [-0.15, -0.1) is 0 Å². The lowest BCUT2D eigenvalue weighted by Gasteiger charge is -2.43. The highest BCUT2D eigenvalue weighted by molar-refractivity contribution is 6.04. The van der Waals surface area contributed by atoms with Gasteiger partial charge in [0.15, 0.2) is 5.82 Å². The zero-order chi connectivity index (χ0) is 22.0. The van der Waals surface area contributed by atoms with Gasteiger partial charge in [0.1, 0.15) is 11.9 Å². The first-order valence-corrected chi connectivity index (χ1v) is 11.0. The van der Waals surface area contributed by atoms with Crippen LogP contribution in [-0.4, -0.2) is 43.1 Å². The third-order valence-corrected chi connectivity index (χ3v) is 6.36. The van der Waals surface area contributed by atoms with Crippen molar-refractivity contribution >= 4 is 34.9 Å². The predicted octanol–water partition coefficient (Wildman–Crippen LogP) is 4.51. The minimum atomic E-state index is -0.362. The van der Waals surface area contributed by atoms with Crippen LogP contribution in [0.2, 0.25) is 0 Å². The van der Waals surface area contributed by atoms with E-state index in [1.165, 1.54) is 32.8 Å². The monoisotopic (exact) mass is 422 g/mol. The Kier molecular flexibility index (Phi) is 6.11. The van der Waals surface area contributed by atoms with Crippen LogP contribution < -0.4 is 15.1 Å². The van der Waals surface area contributed by atoms with Crippen molar-refractivity contribution in [1.29, 1.82) is 0 Å². The summed E-state index contributed by atoms with van der Waals surface area (Å²) in [6, 6.07) is 11.0. The maximum absolute atomic E-state index is 12.9. The van der Waals surface area contributed by atoms with Crippen LogP contribution in [0.5, 0.6) is 0 Å². The van der Waals surface area contributed by atoms with E-state index in [0.717, 1.165) is 30.0 Å². The van der Waals surface area contributed by atoms with Gasteiger partial charge in [-0.25, -0.2) is 9.78 Å². The molecule has 31 heavy (non-hydrogen) atoms. The Hall–Kier alpha value is -3.09. The van der Waals surface area contributed by atoms with Gasteiger partial charge in [-0.05, 0) is 56.2 Å². The number of nitrogens with zero attached hydrogens (tertiary/aromatic N) is 3. The van der Waals surface area contributed by atoms with Crippen molar-refractivity contribution in [2.75, 3.05) is 29.3 Å². The van der Waals surface area contributed by atoms with Gasteiger partial charge < -0.3 is 19.9 Å². The molecule has 0 saturated heterocycles. The second-order valence-electron chi connectivity index (χ2n) is 8.36. The number of rotatable bonds is 4. The lowest BCUT2D eigenvalue weighted by atomic mass is 10.0. The van der Waals surface area contributed by atoms with Crippen molar-refractivity contribution in [3.63, 3.8) is 0 Å². The number of fused-ring (bicyclic) bond motifs is 1. The molecule has 1 saturated carbocycles. The number of ether oxygens (including phenoxy) is 1. The zero-order valence-corrected chi connectivity index (χ0v) is 18.4. The smallest absolute Gasteiger partial charge is 0.337 e. The minimum absolute atomic E-state index is 0.109. The van der Waals surface area contributed by atoms with Crippen LogP contribution in [0.25, 0.3) is 0 Å². The van der Waals surface area contributed by atoms with Crippen LogP contribution in [-0.2, 0) is 9.53 Å². The van der Waals surface area contributed by atoms with E-state index in [0.29, 0.717) is 17.4 Å². The maximum Gasteiger partial charge on any atom is 0.337 e. The molecule has 1 aliphatic heterocycles.